The van der Waals surface area contributed by atoms with E-state index in [0.717, 1.165) is 46.0 Å². The number of benzene rings is 8. The van der Waals surface area contributed by atoms with Gasteiger partial charge in [0.1, 0.15) is 0 Å². The van der Waals surface area contributed by atoms with Crippen molar-refractivity contribution in [3.8, 4) is 0 Å². The number of para-hydroxylation sites is 2. The van der Waals surface area contributed by atoms with Crippen LogP contribution >= 0.6 is 0 Å². The van der Waals surface area contributed by atoms with Crippen molar-refractivity contribution in [3.63, 3.8) is 0 Å². The van der Waals surface area contributed by atoms with E-state index >= 15 is 0 Å². The Morgan fingerprint density at radius 1 is 0.581 bits per heavy atom. The highest BCUT2D eigenvalue weighted by molar-refractivity contribution is 6.30. The van der Waals surface area contributed by atoms with Crippen molar-refractivity contribution >= 4 is 72.0 Å². The lowest BCUT2D eigenvalue weighted by Crippen LogP contribution is -2.21. The fraction of sp³-hybridized carbons (Fsp3) is 0.167. The first-order chi connectivity index (χ1) is 30.2. The molecule has 1 unspecified atom stereocenters. The third kappa shape index (κ3) is 7.24. The Balaban J connectivity index is 1.45. The molecule has 1 atom stereocenters. The topological polar surface area (TPSA) is 6.48 Å². The molecule has 0 amide bonds. The summed E-state index contributed by atoms with van der Waals surface area (Å²) in [5.41, 5.74) is 12.7. The Bertz CT molecular complexity index is 3000. The minimum Gasteiger partial charge on any atom is -0.310 e. The first-order valence-corrected chi connectivity index (χ1v) is 22.2. The first-order valence-electron chi connectivity index (χ1n) is 22.2. The average Bonchev–Trinajstić information content (AvgIpc) is 3.30. The van der Waals surface area contributed by atoms with Gasteiger partial charge in [0.05, 0.1) is 11.4 Å². The number of anilines is 6. The summed E-state index contributed by atoms with van der Waals surface area (Å²) in [5.74, 6) is 0.876. The van der Waals surface area contributed by atoms with Gasteiger partial charge in [0.2, 0.25) is 0 Å². The SMILES string of the molecule is C=C/C(=C\C=C/C)c1cc(N(c2ccccc2)c2ccc(C(C)C)cc2)c2ccc3c(C4(C)C=CC=CC4)cc(N(c4ccccc4)c4ccc(C(C)C)cc4)c4ccc1c2c43. The molecule has 0 saturated carbocycles. The van der Waals surface area contributed by atoms with Crippen molar-refractivity contribution in [1.29, 1.82) is 0 Å². The zero-order valence-electron chi connectivity index (χ0n) is 36.9. The van der Waals surface area contributed by atoms with Crippen LogP contribution in [0, 0.1) is 0 Å². The molecule has 0 aliphatic heterocycles. The lowest BCUT2D eigenvalue weighted by atomic mass is 9.74. The highest BCUT2D eigenvalue weighted by Gasteiger charge is 2.31. The summed E-state index contributed by atoms with van der Waals surface area (Å²) in [5, 5.41) is 7.43. The molecular weight excluding hydrogens is 749 g/mol. The molecule has 0 radical (unpaired) electrons. The normalized spacial score (nSPS) is 15.5. The second-order valence-corrected chi connectivity index (χ2v) is 17.6. The molecule has 0 aromatic heterocycles. The standard InChI is InChI=1S/C60H56N2/c1-8-10-20-43(9-2)54-39-56(61(46-21-14-11-15-22-46)48-29-25-44(26-30-48)41(3)4)52-36-34-51-55(60(7)37-18-13-19-38-60)40-57(53-35-33-50(54)58(52)59(51)53)62(47-23-16-12-17-24-47)49-31-27-45(28-32-49)42(5)6/h8-37,39-42H,2,38H2,1,3-7H3/b10-8-,43-20+. The molecule has 306 valence electrons. The van der Waals surface area contributed by atoms with Crippen LogP contribution in [-0.2, 0) is 5.41 Å². The molecule has 0 saturated heterocycles. The molecule has 0 N–H and O–H groups in total. The Morgan fingerprint density at radius 2 is 1.06 bits per heavy atom. The van der Waals surface area contributed by atoms with Crippen molar-refractivity contribution in [2.24, 2.45) is 0 Å². The predicted octanol–water partition coefficient (Wildman–Crippen LogP) is 17.7. The van der Waals surface area contributed by atoms with E-state index in [1.807, 2.05) is 6.08 Å². The van der Waals surface area contributed by atoms with Gasteiger partial charge in [-0.3, -0.25) is 0 Å². The lowest BCUT2D eigenvalue weighted by molar-refractivity contribution is 0.605. The summed E-state index contributed by atoms with van der Waals surface area (Å²) < 4.78 is 0. The van der Waals surface area contributed by atoms with Gasteiger partial charge in [-0.05, 0) is 130 Å². The monoisotopic (exact) mass is 804 g/mol. The van der Waals surface area contributed by atoms with Crippen LogP contribution in [0.5, 0.6) is 0 Å². The maximum Gasteiger partial charge on any atom is 0.0546 e. The molecule has 1 aliphatic rings. The largest absolute Gasteiger partial charge is 0.310 e. The molecule has 0 spiro atoms. The molecule has 0 heterocycles. The van der Waals surface area contributed by atoms with Gasteiger partial charge >= 0.3 is 0 Å². The van der Waals surface area contributed by atoms with Gasteiger partial charge in [-0.2, -0.15) is 0 Å². The summed E-state index contributed by atoms with van der Waals surface area (Å²) in [4.78, 5) is 4.92. The van der Waals surface area contributed by atoms with Crippen molar-refractivity contribution in [1.82, 2.24) is 0 Å². The highest BCUT2D eigenvalue weighted by Crippen LogP contribution is 2.52. The van der Waals surface area contributed by atoms with Crippen LogP contribution in [0.1, 0.15) is 82.1 Å². The van der Waals surface area contributed by atoms with E-state index in [-0.39, 0.29) is 5.41 Å². The van der Waals surface area contributed by atoms with Crippen LogP contribution in [0.2, 0.25) is 0 Å². The van der Waals surface area contributed by atoms with Crippen LogP contribution in [0.15, 0.2) is 201 Å². The Morgan fingerprint density at radius 3 is 1.55 bits per heavy atom. The number of hydrogen-bond acceptors (Lipinski definition) is 2. The summed E-state index contributed by atoms with van der Waals surface area (Å²) in [6.07, 6.45) is 18.5. The third-order valence-electron chi connectivity index (χ3n) is 12.9. The predicted molar refractivity (Wildman–Crippen MR) is 271 cm³/mol. The quantitative estimate of drug-likeness (QED) is 0.0896. The minimum absolute atomic E-state index is 0.229. The van der Waals surface area contributed by atoms with E-state index in [9.17, 15) is 0 Å². The van der Waals surface area contributed by atoms with Crippen LogP contribution < -0.4 is 9.80 Å². The van der Waals surface area contributed by atoms with Crippen molar-refractivity contribution < 1.29 is 0 Å². The van der Waals surface area contributed by atoms with Gasteiger partial charge in [0.15, 0.2) is 0 Å². The Labute approximate surface area is 368 Å². The first kappa shape index (κ1) is 40.5. The molecule has 2 heteroatoms. The molecule has 62 heavy (non-hydrogen) atoms. The van der Waals surface area contributed by atoms with Gasteiger partial charge in [0, 0.05) is 44.3 Å². The molecule has 0 bridgehead atoms. The molecule has 8 aromatic carbocycles. The summed E-state index contributed by atoms with van der Waals surface area (Å²) in [7, 11) is 0. The zero-order valence-corrected chi connectivity index (χ0v) is 36.9. The average molecular weight is 805 g/mol. The Kier molecular flexibility index (Phi) is 11.0. The van der Waals surface area contributed by atoms with E-state index in [1.165, 1.54) is 54.7 Å². The molecule has 8 aromatic rings. The molecule has 1 aliphatic carbocycles. The van der Waals surface area contributed by atoms with Crippen LogP contribution in [0.3, 0.4) is 0 Å². The van der Waals surface area contributed by atoms with Gasteiger partial charge in [-0.15, -0.1) is 0 Å². The summed E-state index contributed by atoms with van der Waals surface area (Å²) >= 11 is 0. The van der Waals surface area contributed by atoms with Crippen LogP contribution in [0.25, 0.3) is 37.9 Å². The van der Waals surface area contributed by atoms with Gasteiger partial charge < -0.3 is 9.80 Å². The van der Waals surface area contributed by atoms with E-state index in [4.69, 9.17) is 0 Å². The van der Waals surface area contributed by atoms with Gasteiger partial charge in [-0.25, -0.2) is 0 Å². The van der Waals surface area contributed by atoms with E-state index in [2.05, 4.69) is 246 Å². The molecule has 0 fully saturated rings. The number of nitrogens with zero attached hydrogens (tertiary/aromatic N) is 2. The second-order valence-electron chi connectivity index (χ2n) is 17.6. The molecule has 9 rings (SSSR count). The lowest BCUT2D eigenvalue weighted by Gasteiger charge is -2.34. The number of allylic oxidation sites excluding steroid dienone is 9. The van der Waals surface area contributed by atoms with Crippen molar-refractivity contribution in [2.45, 2.75) is 65.2 Å². The van der Waals surface area contributed by atoms with Gasteiger partial charge in [0.25, 0.3) is 0 Å². The van der Waals surface area contributed by atoms with Crippen molar-refractivity contribution in [2.75, 3.05) is 9.80 Å². The molecule has 2 nitrogen and oxygen atoms in total. The third-order valence-corrected chi connectivity index (χ3v) is 12.9. The maximum absolute atomic E-state index is 4.39. The van der Waals surface area contributed by atoms with E-state index < -0.39 is 0 Å². The van der Waals surface area contributed by atoms with Crippen LogP contribution in [0.4, 0.5) is 34.1 Å². The maximum atomic E-state index is 4.39. The number of rotatable bonds is 12. The number of hydrogen-bond donors (Lipinski definition) is 0. The van der Waals surface area contributed by atoms with E-state index in [1.54, 1.807) is 0 Å². The van der Waals surface area contributed by atoms with Crippen molar-refractivity contribution in [3.05, 3.63) is 223 Å². The fourth-order valence-corrected chi connectivity index (χ4v) is 9.46. The smallest absolute Gasteiger partial charge is 0.0546 e. The highest BCUT2D eigenvalue weighted by atomic mass is 15.1. The van der Waals surface area contributed by atoms with E-state index in [0.29, 0.717) is 11.8 Å². The molecular formula is C60H56N2. The summed E-state index contributed by atoms with van der Waals surface area (Å²) in [6, 6.07) is 54.4. The Hall–Kier alpha value is -6.90. The summed E-state index contributed by atoms with van der Waals surface area (Å²) in [6.45, 7) is 17.9. The zero-order chi connectivity index (χ0) is 43.0. The second kappa shape index (κ2) is 16.9. The van der Waals surface area contributed by atoms with Gasteiger partial charge in [-0.1, -0.05) is 175 Å². The van der Waals surface area contributed by atoms with Crippen LogP contribution in [-0.4, -0.2) is 0 Å². The minimum atomic E-state index is -0.229. The fourth-order valence-electron chi connectivity index (χ4n) is 9.46.